The zero-order valence-corrected chi connectivity index (χ0v) is 13.1. The summed E-state index contributed by atoms with van der Waals surface area (Å²) in [5, 5.41) is 0. The Morgan fingerprint density at radius 2 is 1.87 bits per heavy atom. The molecule has 1 saturated heterocycles. The summed E-state index contributed by atoms with van der Waals surface area (Å²) in [6.07, 6.45) is 10.2. The van der Waals surface area contributed by atoms with Gasteiger partial charge in [0.15, 0.2) is 12.5 Å². The van der Waals surface area contributed by atoms with Crippen LogP contribution in [0.4, 0.5) is 0 Å². The molecule has 1 fully saturated rings. The van der Waals surface area contributed by atoms with Crippen LogP contribution in [0.1, 0.15) is 25.7 Å². The summed E-state index contributed by atoms with van der Waals surface area (Å²) in [5.74, 6) is 1.40. The lowest BCUT2D eigenvalue weighted by Crippen LogP contribution is -2.44. The zero-order valence-electron chi connectivity index (χ0n) is 13.1. The summed E-state index contributed by atoms with van der Waals surface area (Å²) in [7, 11) is 0. The molecule has 4 nitrogen and oxygen atoms in total. The highest BCUT2D eigenvalue weighted by atomic mass is 16.5. The first-order valence-electron chi connectivity index (χ1n) is 7.98. The number of rotatable bonds is 5. The number of amides is 1. The maximum Gasteiger partial charge on any atom is 0.251 e. The van der Waals surface area contributed by atoms with Gasteiger partial charge in [0, 0.05) is 12.8 Å². The van der Waals surface area contributed by atoms with Gasteiger partial charge in [-0.2, -0.15) is 0 Å². The summed E-state index contributed by atoms with van der Waals surface area (Å²) in [4.78, 5) is 13.9. The molecular weight excluding hydrogens is 290 g/mol. The van der Waals surface area contributed by atoms with Crippen LogP contribution in [0.3, 0.4) is 0 Å². The minimum Gasteiger partial charge on any atom is -0.471 e. The molecule has 120 valence electrons. The number of allylic oxidation sites excluding steroid dienone is 3. The highest BCUT2D eigenvalue weighted by molar-refractivity contribution is 5.87. The Kier molecular flexibility index (Phi) is 4.81. The van der Waals surface area contributed by atoms with Gasteiger partial charge in [0.1, 0.15) is 11.5 Å². The van der Waals surface area contributed by atoms with Crippen LogP contribution < -0.4 is 4.74 Å². The first kappa shape index (κ1) is 15.4. The second-order valence-corrected chi connectivity index (χ2v) is 5.57. The average molecular weight is 311 g/mol. The Hall–Kier alpha value is -2.49. The molecule has 4 heteroatoms. The average Bonchev–Trinajstić information content (AvgIpc) is 2.98. The highest BCUT2D eigenvalue weighted by Crippen LogP contribution is 2.30. The van der Waals surface area contributed by atoms with Crippen molar-refractivity contribution in [3.63, 3.8) is 0 Å². The molecule has 1 aromatic carbocycles. The van der Waals surface area contributed by atoms with E-state index in [1.807, 2.05) is 36.4 Å². The molecule has 2 atom stereocenters. The Bertz CT molecular complexity index is 621. The molecular formula is C19H21NO3. The van der Waals surface area contributed by atoms with Crippen LogP contribution in [-0.2, 0) is 9.53 Å². The fourth-order valence-corrected chi connectivity index (χ4v) is 2.86. The molecule has 1 amide bonds. The van der Waals surface area contributed by atoms with Gasteiger partial charge in [-0.15, -0.1) is 0 Å². The molecule has 23 heavy (non-hydrogen) atoms. The Morgan fingerprint density at radius 3 is 2.52 bits per heavy atom. The number of likely N-dealkylation sites (tertiary alicyclic amines) is 1. The molecule has 1 heterocycles. The van der Waals surface area contributed by atoms with Gasteiger partial charge in [0.05, 0.1) is 0 Å². The van der Waals surface area contributed by atoms with Crippen molar-refractivity contribution < 1.29 is 14.3 Å². The number of carbonyl (C=O) groups is 1. The zero-order chi connectivity index (χ0) is 16.1. The molecule has 1 aromatic rings. The summed E-state index contributed by atoms with van der Waals surface area (Å²) >= 11 is 0. The number of benzene rings is 1. The van der Waals surface area contributed by atoms with Gasteiger partial charge in [-0.05, 0) is 43.2 Å². The van der Waals surface area contributed by atoms with Gasteiger partial charge >= 0.3 is 0 Å². The monoisotopic (exact) mass is 311 g/mol. The fraction of sp³-hybridized carbons (Fsp3) is 0.316. The first-order chi connectivity index (χ1) is 11.3. The lowest BCUT2D eigenvalue weighted by molar-refractivity contribution is -0.143. The predicted octanol–water partition coefficient (Wildman–Crippen LogP) is 3.78. The van der Waals surface area contributed by atoms with Crippen LogP contribution in [0.2, 0.25) is 0 Å². The lowest BCUT2D eigenvalue weighted by Gasteiger charge is -2.30. The molecule has 3 rings (SSSR count). The van der Waals surface area contributed by atoms with Crippen molar-refractivity contribution in [2.24, 2.45) is 0 Å². The second-order valence-electron chi connectivity index (χ2n) is 5.57. The van der Waals surface area contributed by atoms with Crippen molar-refractivity contribution in [2.45, 2.75) is 38.1 Å². The van der Waals surface area contributed by atoms with Crippen molar-refractivity contribution in [1.29, 1.82) is 0 Å². The van der Waals surface area contributed by atoms with E-state index in [0.29, 0.717) is 0 Å². The van der Waals surface area contributed by atoms with Crippen molar-refractivity contribution >= 4 is 5.91 Å². The smallest absolute Gasteiger partial charge is 0.251 e. The lowest BCUT2D eigenvalue weighted by atomic mass is 10.2. The van der Waals surface area contributed by atoms with Gasteiger partial charge < -0.3 is 9.47 Å². The van der Waals surface area contributed by atoms with E-state index in [1.54, 1.807) is 4.90 Å². The number of ether oxygens (including phenoxy) is 2. The van der Waals surface area contributed by atoms with Crippen molar-refractivity contribution in [2.75, 3.05) is 0 Å². The van der Waals surface area contributed by atoms with Gasteiger partial charge in [0.25, 0.3) is 5.91 Å². The van der Waals surface area contributed by atoms with Crippen molar-refractivity contribution in [3.8, 4) is 5.75 Å². The number of hydrogen-bond donors (Lipinski definition) is 0. The Labute approximate surface area is 136 Å². The topological polar surface area (TPSA) is 38.8 Å². The molecule has 2 unspecified atom stereocenters. The van der Waals surface area contributed by atoms with Crippen LogP contribution in [0.15, 0.2) is 67.0 Å². The Balaban J connectivity index is 1.73. The molecule has 1 aliphatic carbocycles. The SMILES string of the molecule is C=CC(=O)N1C(OC2=CCCC=C2)CCC1Oc1ccccc1. The van der Waals surface area contributed by atoms with E-state index in [9.17, 15) is 4.79 Å². The summed E-state index contributed by atoms with van der Waals surface area (Å²) in [6.45, 7) is 3.60. The number of hydrogen-bond acceptors (Lipinski definition) is 3. The Morgan fingerprint density at radius 1 is 1.13 bits per heavy atom. The van der Waals surface area contributed by atoms with E-state index >= 15 is 0 Å². The summed E-state index contributed by atoms with van der Waals surface area (Å²) < 4.78 is 12.0. The number of para-hydroxylation sites is 1. The summed E-state index contributed by atoms with van der Waals surface area (Å²) in [6, 6.07) is 9.53. The van der Waals surface area contributed by atoms with Crippen molar-refractivity contribution in [1.82, 2.24) is 4.90 Å². The van der Waals surface area contributed by atoms with E-state index < -0.39 is 0 Å². The molecule has 0 radical (unpaired) electrons. The predicted molar refractivity (Wildman–Crippen MR) is 88.5 cm³/mol. The van der Waals surface area contributed by atoms with Crippen LogP contribution in [0.25, 0.3) is 0 Å². The third-order valence-electron chi connectivity index (χ3n) is 3.96. The maximum absolute atomic E-state index is 12.3. The standard InChI is InChI=1S/C19H21NO3/c1-2-17(21)20-18(22-15-9-5-3-6-10-15)13-14-19(20)23-16-11-7-4-8-12-16/h2-3,5-7,9-12,18-19H,1,4,8,13-14H2. The third kappa shape index (κ3) is 3.65. The number of nitrogens with zero attached hydrogens (tertiary/aromatic N) is 1. The minimum absolute atomic E-state index is 0.172. The van der Waals surface area contributed by atoms with Gasteiger partial charge in [-0.3, -0.25) is 9.69 Å². The van der Waals surface area contributed by atoms with Crippen molar-refractivity contribution in [3.05, 3.63) is 67.0 Å². The highest BCUT2D eigenvalue weighted by Gasteiger charge is 2.39. The van der Waals surface area contributed by atoms with E-state index in [2.05, 4.69) is 18.7 Å². The molecule has 0 saturated carbocycles. The minimum atomic E-state index is -0.332. The normalized spacial score (nSPS) is 23.3. The van der Waals surface area contributed by atoms with Crippen LogP contribution in [0, 0.1) is 0 Å². The maximum atomic E-state index is 12.3. The number of carbonyl (C=O) groups excluding carboxylic acids is 1. The van der Waals surface area contributed by atoms with Gasteiger partial charge in [0.2, 0.25) is 0 Å². The molecule has 0 spiro atoms. The quantitative estimate of drug-likeness (QED) is 0.777. The largest absolute Gasteiger partial charge is 0.471 e. The molecule has 0 bridgehead atoms. The third-order valence-corrected chi connectivity index (χ3v) is 3.96. The van der Waals surface area contributed by atoms with E-state index in [4.69, 9.17) is 9.47 Å². The van der Waals surface area contributed by atoms with E-state index in [1.165, 1.54) is 6.08 Å². The van der Waals surface area contributed by atoms with Crippen LogP contribution in [-0.4, -0.2) is 23.3 Å². The fourth-order valence-electron chi connectivity index (χ4n) is 2.86. The first-order valence-corrected chi connectivity index (χ1v) is 7.98. The molecule has 1 aliphatic heterocycles. The molecule has 2 aliphatic rings. The van der Waals surface area contributed by atoms with Gasteiger partial charge in [-0.1, -0.05) is 30.9 Å². The van der Waals surface area contributed by atoms with Crippen LogP contribution >= 0.6 is 0 Å². The van der Waals surface area contributed by atoms with Crippen LogP contribution in [0.5, 0.6) is 5.75 Å². The van der Waals surface area contributed by atoms with Gasteiger partial charge in [-0.25, -0.2) is 0 Å². The molecule has 0 N–H and O–H groups in total. The van der Waals surface area contributed by atoms with E-state index in [0.717, 1.165) is 37.2 Å². The van der Waals surface area contributed by atoms with E-state index in [-0.39, 0.29) is 18.4 Å². The molecule has 0 aromatic heterocycles. The summed E-state index contributed by atoms with van der Waals surface area (Å²) in [5.41, 5.74) is 0. The second kappa shape index (κ2) is 7.18.